The number of aliphatic carboxylic acids is 1. The van der Waals surface area contributed by atoms with Crippen LogP contribution in [0.25, 0.3) is 0 Å². The zero-order valence-corrected chi connectivity index (χ0v) is 11.2. The van der Waals surface area contributed by atoms with Crippen LogP contribution in [0.5, 0.6) is 0 Å². The highest BCUT2D eigenvalue weighted by molar-refractivity contribution is 5.87. The second-order valence-electron chi connectivity index (χ2n) is 4.97. The van der Waals surface area contributed by atoms with Gasteiger partial charge in [-0.15, -0.1) is 0 Å². The first-order chi connectivity index (χ1) is 8.89. The minimum atomic E-state index is -1.24. The van der Waals surface area contributed by atoms with Gasteiger partial charge in [0.25, 0.3) is 0 Å². The SMILES string of the molecule is COC(=O)CNC(=O)NC1(C(=O)O)CCCC(C)C1. The van der Waals surface area contributed by atoms with E-state index < -0.39 is 23.5 Å². The fourth-order valence-electron chi connectivity index (χ4n) is 2.40. The molecule has 1 saturated carbocycles. The smallest absolute Gasteiger partial charge is 0.329 e. The van der Waals surface area contributed by atoms with Crippen LogP contribution in [0.4, 0.5) is 4.79 Å². The standard InChI is InChI=1S/C12H20N2O5/c1-8-4-3-5-12(6-8,10(16)17)14-11(18)13-7-9(15)19-2/h8H,3-7H2,1-2H3,(H,16,17)(H2,13,14,18). The summed E-state index contributed by atoms with van der Waals surface area (Å²) in [4.78, 5) is 34.0. The third-order valence-corrected chi connectivity index (χ3v) is 3.38. The molecule has 0 aromatic heterocycles. The molecule has 0 spiro atoms. The molecule has 2 unspecified atom stereocenters. The predicted molar refractivity (Wildman–Crippen MR) is 66.5 cm³/mol. The fourth-order valence-corrected chi connectivity index (χ4v) is 2.40. The van der Waals surface area contributed by atoms with Crippen LogP contribution in [0, 0.1) is 5.92 Å². The molecule has 0 radical (unpaired) electrons. The van der Waals surface area contributed by atoms with Crippen LogP contribution in [-0.4, -0.2) is 42.3 Å². The summed E-state index contributed by atoms with van der Waals surface area (Å²) in [5.41, 5.74) is -1.24. The minimum absolute atomic E-state index is 0.241. The first-order valence-electron chi connectivity index (χ1n) is 6.26. The lowest BCUT2D eigenvalue weighted by atomic mass is 9.76. The van der Waals surface area contributed by atoms with E-state index in [-0.39, 0.29) is 12.5 Å². The number of esters is 1. The third-order valence-electron chi connectivity index (χ3n) is 3.38. The summed E-state index contributed by atoms with van der Waals surface area (Å²) in [5.74, 6) is -1.38. The Morgan fingerprint density at radius 2 is 2.11 bits per heavy atom. The highest BCUT2D eigenvalue weighted by Gasteiger charge is 2.43. The average molecular weight is 272 g/mol. The number of carboxylic acid groups (broad SMARTS) is 1. The van der Waals surface area contributed by atoms with Crippen molar-refractivity contribution in [3.05, 3.63) is 0 Å². The average Bonchev–Trinajstić information content (AvgIpc) is 2.35. The molecule has 2 amide bonds. The van der Waals surface area contributed by atoms with E-state index >= 15 is 0 Å². The number of hydrogen-bond acceptors (Lipinski definition) is 4. The van der Waals surface area contributed by atoms with Crippen molar-refractivity contribution < 1.29 is 24.2 Å². The Balaban J connectivity index is 2.61. The van der Waals surface area contributed by atoms with Gasteiger partial charge in [0, 0.05) is 0 Å². The molecular formula is C12H20N2O5. The number of hydrogen-bond donors (Lipinski definition) is 3. The zero-order chi connectivity index (χ0) is 14.5. The van der Waals surface area contributed by atoms with Crippen LogP contribution in [0.15, 0.2) is 0 Å². The summed E-state index contributed by atoms with van der Waals surface area (Å²) < 4.78 is 4.38. The molecule has 108 valence electrons. The maximum Gasteiger partial charge on any atom is 0.329 e. The monoisotopic (exact) mass is 272 g/mol. The summed E-state index contributed by atoms with van der Waals surface area (Å²) >= 11 is 0. The van der Waals surface area contributed by atoms with Gasteiger partial charge in [-0.05, 0) is 18.8 Å². The predicted octanol–water partition coefficient (Wildman–Crippen LogP) is 0.492. The molecule has 1 fully saturated rings. The molecule has 0 saturated heterocycles. The molecular weight excluding hydrogens is 252 g/mol. The summed E-state index contributed by atoms with van der Waals surface area (Å²) in [6.45, 7) is 1.68. The Labute approximate surface area is 111 Å². The molecule has 0 aromatic rings. The van der Waals surface area contributed by atoms with E-state index in [0.29, 0.717) is 12.8 Å². The molecule has 0 aliphatic heterocycles. The van der Waals surface area contributed by atoms with Gasteiger partial charge < -0.3 is 20.5 Å². The zero-order valence-electron chi connectivity index (χ0n) is 11.2. The molecule has 2 atom stereocenters. The Morgan fingerprint density at radius 1 is 1.42 bits per heavy atom. The Kier molecular flexibility index (Phi) is 5.14. The Bertz CT molecular complexity index is 371. The second kappa shape index (κ2) is 6.40. The topological polar surface area (TPSA) is 105 Å². The van der Waals surface area contributed by atoms with Crippen LogP contribution in [-0.2, 0) is 14.3 Å². The summed E-state index contributed by atoms with van der Waals surface area (Å²) in [5, 5.41) is 14.1. The maximum absolute atomic E-state index is 11.7. The van der Waals surface area contributed by atoms with Crippen molar-refractivity contribution in [3.63, 3.8) is 0 Å². The number of methoxy groups -OCH3 is 1. The van der Waals surface area contributed by atoms with Gasteiger partial charge in [-0.1, -0.05) is 19.8 Å². The number of carboxylic acids is 1. The molecule has 0 heterocycles. The summed E-state index contributed by atoms with van der Waals surface area (Å²) in [6, 6.07) is -0.665. The molecule has 1 rings (SSSR count). The Morgan fingerprint density at radius 3 is 2.63 bits per heavy atom. The number of amides is 2. The van der Waals surface area contributed by atoms with Crippen LogP contribution in [0.3, 0.4) is 0 Å². The summed E-state index contributed by atoms with van der Waals surface area (Å²) in [6.07, 6.45) is 2.51. The second-order valence-corrected chi connectivity index (χ2v) is 4.97. The van der Waals surface area contributed by atoms with Crippen molar-refractivity contribution in [3.8, 4) is 0 Å². The molecule has 19 heavy (non-hydrogen) atoms. The quantitative estimate of drug-likeness (QED) is 0.646. The van der Waals surface area contributed by atoms with Crippen LogP contribution in [0.2, 0.25) is 0 Å². The molecule has 7 heteroatoms. The molecule has 1 aliphatic carbocycles. The molecule has 0 bridgehead atoms. The lowest BCUT2D eigenvalue weighted by Gasteiger charge is -2.36. The van der Waals surface area contributed by atoms with Crippen LogP contribution >= 0.6 is 0 Å². The van der Waals surface area contributed by atoms with Crippen molar-refractivity contribution in [2.24, 2.45) is 5.92 Å². The number of rotatable bonds is 4. The maximum atomic E-state index is 11.7. The molecule has 0 aromatic carbocycles. The largest absolute Gasteiger partial charge is 0.480 e. The van der Waals surface area contributed by atoms with E-state index in [1.54, 1.807) is 0 Å². The highest BCUT2D eigenvalue weighted by atomic mass is 16.5. The Hall–Kier alpha value is -1.79. The highest BCUT2D eigenvalue weighted by Crippen LogP contribution is 2.32. The molecule has 1 aliphatic rings. The van der Waals surface area contributed by atoms with Gasteiger partial charge in [0.1, 0.15) is 12.1 Å². The number of carbonyl (C=O) groups excluding carboxylic acids is 2. The number of nitrogens with one attached hydrogen (secondary N) is 2. The summed E-state index contributed by atoms with van der Waals surface area (Å²) in [7, 11) is 1.21. The van der Waals surface area contributed by atoms with Crippen molar-refractivity contribution in [1.29, 1.82) is 0 Å². The van der Waals surface area contributed by atoms with E-state index in [1.165, 1.54) is 7.11 Å². The van der Waals surface area contributed by atoms with E-state index in [0.717, 1.165) is 12.8 Å². The first kappa shape index (κ1) is 15.3. The third kappa shape index (κ3) is 4.11. The number of carbonyl (C=O) groups is 3. The number of urea groups is 1. The van der Waals surface area contributed by atoms with E-state index in [1.807, 2.05) is 6.92 Å². The lowest BCUT2D eigenvalue weighted by Crippen LogP contribution is -2.59. The lowest BCUT2D eigenvalue weighted by molar-refractivity contribution is -0.146. The van der Waals surface area contributed by atoms with E-state index in [9.17, 15) is 19.5 Å². The first-order valence-corrected chi connectivity index (χ1v) is 6.26. The van der Waals surface area contributed by atoms with E-state index in [2.05, 4.69) is 15.4 Å². The van der Waals surface area contributed by atoms with Gasteiger partial charge in [0.2, 0.25) is 0 Å². The van der Waals surface area contributed by atoms with Crippen molar-refractivity contribution in [1.82, 2.24) is 10.6 Å². The normalized spacial score (nSPS) is 26.3. The van der Waals surface area contributed by atoms with Gasteiger partial charge in [-0.3, -0.25) is 4.79 Å². The van der Waals surface area contributed by atoms with Gasteiger partial charge in [0.15, 0.2) is 0 Å². The van der Waals surface area contributed by atoms with Crippen molar-refractivity contribution in [2.75, 3.05) is 13.7 Å². The van der Waals surface area contributed by atoms with Gasteiger partial charge in [-0.25, -0.2) is 9.59 Å². The van der Waals surface area contributed by atoms with Gasteiger partial charge in [0.05, 0.1) is 7.11 Å². The van der Waals surface area contributed by atoms with E-state index in [4.69, 9.17) is 0 Å². The fraction of sp³-hybridized carbons (Fsp3) is 0.750. The molecule has 7 nitrogen and oxygen atoms in total. The molecule has 3 N–H and O–H groups in total. The van der Waals surface area contributed by atoms with Gasteiger partial charge in [-0.2, -0.15) is 0 Å². The van der Waals surface area contributed by atoms with Crippen molar-refractivity contribution >= 4 is 18.0 Å². The minimum Gasteiger partial charge on any atom is -0.480 e. The van der Waals surface area contributed by atoms with Gasteiger partial charge >= 0.3 is 18.0 Å². The van der Waals surface area contributed by atoms with Crippen molar-refractivity contribution in [2.45, 2.75) is 38.1 Å². The van der Waals surface area contributed by atoms with Crippen LogP contribution in [0.1, 0.15) is 32.6 Å². The van der Waals surface area contributed by atoms with Crippen LogP contribution < -0.4 is 10.6 Å². The number of ether oxygens (including phenoxy) is 1.